The monoisotopic (exact) mass is 709 g/mol. The third-order valence-corrected chi connectivity index (χ3v) is 10.7. The number of aliphatic hydroxyl groups excluding tert-OH is 2. The molecule has 3 N–H and O–H groups in total. The van der Waals surface area contributed by atoms with Gasteiger partial charge in [0, 0.05) is 4.86 Å². The van der Waals surface area contributed by atoms with E-state index in [1.54, 1.807) is 0 Å². The minimum atomic E-state index is -4.48. The quantitative estimate of drug-likeness (QED) is 0.0258. The molecule has 3 atom stereocenters. The third-order valence-electron chi connectivity index (χ3n) is 9.15. The number of quaternary nitrogens is 1. The molecule has 0 saturated carbocycles. The van der Waals surface area contributed by atoms with Crippen molar-refractivity contribution >= 4 is 24.9 Å². The van der Waals surface area contributed by atoms with Crippen LogP contribution in [-0.4, -0.2) is 77.6 Å². The Kier molecular flexibility index (Phi) is 30.9. The Morgan fingerprint density at radius 3 is 1.32 bits per heavy atom. The highest BCUT2D eigenvalue weighted by atomic mass is 32.1. The van der Waals surface area contributed by atoms with Crippen LogP contribution in [0.3, 0.4) is 0 Å². The van der Waals surface area contributed by atoms with E-state index < -0.39 is 33.2 Å². The van der Waals surface area contributed by atoms with Crippen LogP contribution in [0.5, 0.6) is 0 Å². The molecule has 0 aliphatic heterocycles. The number of hydrogen-bond donors (Lipinski definition) is 3. The average molecular weight is 709 g/mol. The zero-order valence-corrected chi connectivity index (χ0v) is 33.3. The van der Waals surface area contributed by atoms with E-state index in [9.17, 15) is 14.6 Å². The molecule has 282 valence electrons. The van der Waals surface area contributed by atoms with Crippen LogP contribution in [0.2, 0.25) is 0 Å². The number of hydrogen-bond acceptors (Lipinski definition) is 6. The zero-order chi connectivity index (χ0) is 35.2. The smallest absolute Gasteiger partial charge is 0.394 e. The number of phosphoric acid groups is 1. The van der Waals surface area contributed by atoms with Gasteiger partial charge in [-0.15, -0.1) is 0 Å². The van der Waals surface area contributed by atoms with Gasteiger partial charge in [0.2, 0.25) is 0 Å². The molecule has 47 heavy (non-hydrogen) atoms. The summed E-state index contributed by atoms with van der Waals surface area (Å²) in [5.41, 5.74) is 0. The van der Waals surface area contributed by atoms with E-state index in [1.165, 1.54) is 141 Å². The summed E-state index contributed by atoms with van der Waals surface area (Å²) in [5.74, 6) is 0.149. The minimum Gasteiger partial charge on any atom is -0.394 e. The third kappa shape index (κ3) is 30.6. The van der Waals surface area contributed by atoms with Gasteiger partial charge in [-0.1, -0.05) is 180 Å². The molecular formula is C38H79NO6PS+. The molecule has 7 nitrogen and oxygen atoms in total. The molecule has 0 aliphatic rings. The van der Waals surface area contributed by atoms with Gasteiger partial charge in [-0.2, -0.15) is 0 Å². The fourth-order valence-corrected chi connectivity index (χ4v) is 7.60. The maximum absolute atomic E-state index is 12.9. The fraction of sp³-hybridized carbons (Fsp3) is 0.974. The standard InChI is InChI=1S/C38H78NO6PS/c1-6-8-10-12-14-16-18-20-22-24-26-28-30-35(31-29-27-25-23-21-19-17-15-13-11-9-7-2)38(47)37(32-39(3,4)5)45-46(42,43)44-34-36(41)33-40/h35-37,40-41H,6-34H2,1-5H3/p+1/t36-,37?/m1/s1. The SMILES string of the molecule is CCCCCCCCCCCCCCC(CCCCCCCCCCCCCC)C(=S)C(C[N+](C)(C)C)OP(=O)(O)OC[C@H](O)CO. The molecule has 2 unspecified atom stereocenters. The number of phosphoric ester groups is 1. The lowest BCUT2D eigenvalue weighted by atomic mass is 9.89. The van der Waals surface area contributed by atoms with Crippen molar-refractivity contribution in [1.82, 2.24) is 0 Å². The normalized spacial score (nSPS) is 14.8. The van der Waals surface area contributed by atoms with Gasteiger partial charge >= 0.3 is 7.82 Å². The number of nitrogens with zero attached hydrogens (tertiary/aromatic N) is 1. The molecule has 0 aromatic heterocycles. The largest absolute Gasteiger partial charge is 0.473 e. The molecule has 0 amide bonds. The van der Waals surface area contributed by atoms with Crippen LogP contribution in [0.1, 0.15) is 181 Å². The first kappa shape index (κ1) is 47.1. The lowest BCUT2D eigenvalue weighted by molar-refractivity contribution is -0.872. The van der Waals surface area contributed by atoms with Gasteiger partial charge in [0.1, 0.15) is 18.8 Å². The van der Waals surface area contributed by atoms with E-state index >= 15 is 0 Å². The second-order valence-corrected chi connectivity index (χ2v) is 17.0. The first-order chi connectivity index (χ1) is 22.5. The Balaban J connectivity index is 4.95. The Hall–Kier alpha value is 0.0800. The molecule has 0 aliphatic carbocycles. The molecule has 0 spiro atoms. The minimum absolute atomic E-state index is 0.149. The lowest BCUT2D eigenvalue weighted by Crippen LogP contribution is -2.46. The van der Waals surface area contributed by atoms with Crippen LogP contribution in [0.4, 0.5) is 0 Å². The maximum Gasteiger partial charge on any atom is 0.473 e. The topological polar surface area (TPSA) is 96.2 Å². The van der Waals surface area contributed by atoms with Crippen molar-refractivity contribution in [1.29, 1.82) is 0 Å². The van der Waals surface area contributed by atoms with Crippen molar-refractivity contribution in [3.63, 3.8) is 0 Å². The first-order valence-corrected chi connectivity index (χ1v) is 21.6. The number of rotatable bonds is 36. The molecule has 0 bridgehead atoms. The Labute approximate surface area is 297 Å². The van der Waals surface area contributed by atoms with E-state index in [0.29, 0.717) is 15.9 Å². The summed E-state index contributed by atoms with van der Waals surface area (Å²) < 4.78 is 24.1. The van der Waals surface area contributed by atoms with Crippen molar-refractivity contribution in [2.75, 3.05) is 40.9 Å². The van der Waals surface area contributed by atoms with Crippen LogP contribution in [0, 0.1) is 5.92 Å². The summed E-state index contributed by atoms with van der Waals surface area (Å²) in [6.07, 6.45) is 31.4. The van der Waals surface area contributed by atoms with E-state index in [1.807, 2.05) is 21.1 Å². The van der Waals surface area contributed by atoms with Crippen molar-refractivity contribution in [3.05, 3.63) is 0 Å². The van der Waals surface area contributed by atoms with Gasteiger partial charge < -0.3 is 19.6 Å². The van der Waals surface area contributed by atoms with Crippen LogP contribution in [0.25, 0.3) is 0 Å². The predicted octanol–water partition coefficient (Wildman–Crippen LogP) is 10.7. The number of likely N-dealkylation sites (N-methyl/N-ethyl adjacent to an activating group) is 1. The fourth-order valence-electron chi connectivity index (χ4n) is 6.25. The summed E-state index contributed by atoms with van der Waals surface area (Å²) in [6, 6.07) is 0. The molecular weight excluding hydrogens is 629 g/mol. The van der Waals surface area contributed by atoms with Crippen LogP contribution < -0.4 is 0 Å². The van der Waals surface area contributed by atoms with Crippen LogP contribution in [0.15, 0.2) is 0 Å². The highest BCUT2D eigenvalue weighted by molar-refractivity contribution is 7.80. The summed E-state index contributed by atoms with van der Waals surface area (Å²) >= 11 is 6.05. The van der Waals surface area contributed by atoms with Gasteiger partial charge in [0.05, 0.1) is 34.4 Å². The Bertz CT molecular complexity index is 737. The van der Waals surface area contributed by atoms with Crippen LogP contribution >= 0.6 is 20.0 Å². The van der Waals surface area contributed by atoms with E-state index in [2.05, 4.69) is 13.8 Å². The van der Waals surface area contributed by atoms with E-state index in [0.717, 1.165) is 25.7 Å². The highest BCUT2D eigenvalue weighted by Crippen LogP contribution is 2.45. The second-order valence-electron chi connectivity index (χ2n) is 15.1. The molecule has 0 heterocycles. The predicted molar refractivity (Wildman–Crippen MR) is 204 cm³/mol. The van der Waals surface area contributed by atoms with Gasteiger partial charge in [0.25, 0.3) is 0 Å². The molecule has 0 aromatic rings. The van der Waals surface area contributed by atoms with Crippen molar-refractivity contribution < 1.29 is 33.2 Å². The summed E-state index contributed by atoms with van der Waals surface area (Å²) in [4.78, 5) is 11.2. The molecule has 0 radical (unpaired) electrons. The number of unbranched alkanes of at least 4 members (excludes halogenated alkanes) is 22. The average Bonchev–Trinajstić information content (AvgIpc) is 3.02. The summed E-state index contributed by atoms with van der Waals surface area (Å²) in [6.45, 7) is 3.95. The molecule has 0 saturated heterocycles. The van der Waals surface area contributed by atoms with Crippen molar-refractivity contribution in [3.8, 4) is 0 Å². The van der Waals surface area contributed by atoms with E-state index in [-0.39, 0.29) is 5.92 Å². The second kappa shape index (κ2) is 30.9. The van der Waals surface area contributed by atoms with Gasteiger partial charge in [-0.05, 0) is 18.8 Å². The Morgan fingerprint density at radius 1 is 0.660 bits per heavy atom. The van der Waals surface area contributed by atoms with Crippen molar-refractivity contribution in [2.24, 2.45) is 5.92 Å². The summed E-state index contributed by atoms with van der Waals surface area (Å²) in [5, 5.41) is 18.7. The number of thiocarbonyl (C=S) groups is 1. The molecule has 0 fully saturated rings. The maximum atomic E-state index is 12.9. The summed E-state index contributed by atoms with van der Waals surface area (Å²) in [7, 11) is 1.57. The van der Waals surface area contributed by atoms with E-state index in [4.69, 9.17) is 26.4 Å². The zero-order valence-electron chi connectivity index (χ0n) is 31.6. The Morgan fingerprint density at radius 2 is 1.00 bits per heavy atom. The van der Waals surface area contributed by atoms with Gasteiger partial charge in [-0.25, -0.2) is 4.57 Å². The van der Waals surface area contributed by atoms with Gasteiger partial charge in [0.15, 0.2) is 0 Å². The first-order valence-electron chi connectivity index (χ1n) is 19.7. The van der Waals surface area contributed by atoms with Crippen molar-refractivity contribution in [2.45, 2.75) is 193 Å². The van der Waals surface area contributed by atoms with Crippen LogP contribution in [-0.2, 0) is 13.6 Å². The number of aliphatic hydroxyl groups is 2. The molecule has 0 aromatic carbocycles. The molecule has 9 heteroatoms. The van der Waals surface area contributed by atoms with Gasteiger partial charge in [-0.3, -0.25) is 9.05 Å². The molecule has 0 rings (SSSR count). The lowest BCUT2D eigenvalue weighted by Gasteiger charge is -2.32. The highest BCUT2D eigenvalue weighted by Gasteiger charge is 2.35.